The Morgan fingerprint density at radius 1 is 1.56 bits per heavy atom. The van der Waals surface area contributed by atoms with E-state index in [4.69, 9.17) is 0 Å². The van der Waals surface area contributed by atoms with Crippen molar-refractivity contribution in [2.24, 2.45) is 5.92 Å². The number of rotatable bonds is 5. The average molecular weight is 249 g/mol. The Balaban J connectivity index is 2.01. The van der Waals surface area contributed by atoms with Gasteiger partial charge in [0.1, 0.15) is 5.82 Å². The Morgan fingerprint density at radius 2 is 2.28 bits per heavy atom. The molecule has 1 atom stereocenters. The van der Waals surface area contributed by atoms with E-state index >= 15 is 0 Å². The molecule has 18 heavy (non-hydrogen) atoms. The van der Waals surface area contributed by atoms with Gasteiger partial charge in [0.25, 0.3) is 0 Å². The summed E-state index contributed by atoms with van der Waals surface area (Å²) >= 11 is 0. The van der Waals surface area contributed by atoms with Gasteiger partial charge < -0.3 is 5.32 Å². The molecule has 1 aromatic rings. The summed E-state index contributed by atoms with van der Waals surface area (Å²) in [7, 11) is 0. The highest BCUT2D eigenvalue weighted by molar-refractivity contribution is 5.91. The summed E-state index contributed by atoms with van der Waals surface area (Å²) < 4.78 is 1.99. The van der Waals surface area contributed by atoms with E-state index in [1.807, 2.05) is 17.7 Å². The molecule has 2 rings (SSSR count). The largest absolute Gasteiger partial charge is 0.311 e. The first-order valence-corrected chi connectivity index (χ1v) is 7.06. The molecule has 100 valence electrons. The molecule has 0 aliphatic heterocycles. The van der Waals surface area contributed by atoms with Crippen LogP contribution in [0, 0.1) is 5.92 Å². The molecule has 1 N–H and O–H groups in total. The normalized spacial score (nSPS) is 17.9. The molecule has 1 aliphatic rings. The minimum Gasteiger partial charge on any atom is -0.311 e. The predicted octanol–water partition coefficient (Wildman–Crippen LogP) is 3.37. The van der Waals surface area contributed by atoms with Gasteiger partial charge in [-0.25, -0.2) is 4.68 Å². The van der Waals surface area contributed by atoms with E-state index in [1.54, 1.807) is 6.20 Å². The van der Waals surface area contributed by atoms with Crippen LogP contribution in [0.4, 0.5) is 5.82 Å². The van der Waals surface area contributed by atoms with Crippen LogP contribution in [0.2, 0.25) is 0 Å². The van der Waals surface area contributed by atoms with Gasteiger partial charge in [0.15, 0.2) is 0 Å². The first-order valence-electron chi connectivity index (χ1n) is 7.06. The van der Waals surface area contributed by atoms with Gasteiger partial charge in [0.2, 0.25) is 5.91 Å². The molecular formula is C14H23N3O. The number of hydrogen-bond donors (Lipinski definition) is 1. The Kier molecular flexibility index (Phi) is 4.39. The molecule has 1 heterocycles. The fraction of sp³-hybridized carbons (Fsp3) is 0.714. The molecule has 1 aromatic heterocycles. The fourth-order valence-corrected chi connectivity index (χ4v) is 2.67. The van der Waals surface area contributed by atoms with E-state index in [1.165, 1.54) is 25.7 Å². The zero-order valence-electron chi connectivity index (χ0n) is 11.4. The minimum atomic E-state index is 0.0712. The molecule has 0 radical (unpaired) electrons. The maximum absolute atomic E-state index is 12.0. The highest BCUT2D eigenvalue weighted by atomic mass is 16.2. The van der Waals surface area contributed by atoms with Crippen LogP contribution >= 0.6 is 0 Å². The zero-order valence-corrected chi connectivity index (χ0v) is 11.4. The van der Waals surface area contributed by atoms with Crippen molar-refractivity contribution in [2.75, 3.05) is 5.32 Å². The quantitative estimate of drug-likeness (QED) is 0.869. The van der Waals surface area contributed by atoms with Crippen LogP contribution < -0.4 is 5.32 Å². The number of carbonyl (C=O) groups is 1. The Morgan fingerprint density at radius 3 is 2.94 bits per heavy atom. The number of amides is 1. The highest BCUT2D eigenvalue weighted by Gasteiger charge is 2.21. The third-order valence-corrected chi connectivity index (χ3v) is 3.76. The van der Waals surface area contributed by atoms with Crippen LogP contribution in [0.15, 0.2) is 12.3 Å². The van der Waals surface area contributed by atoms with E-state index in [0.717, 1.165) is 18.7 Å². The van der Waals surface area contributed by atoms with Crippen molar-refractivity contribution in [3.63, 3.8) is 0 Å². The van der Waals surface area contributed by atoms with Crippen LogP contribution in [0.1, 0.15) is 58.4 Å². The molecule has 0 aromatic carbocycles. The molecular weight excluding hydrogens is 226 g/mol. The van der Waals surface area contributed by atoms with Crippen molar-refractivity contribution in [2.45, 2.75) is 58.4 Å². The van der Waals surface area contributed by atoms with Crippen molar-refractivity contribution in [1.82, 2.24) is 9.78 Å². The standard InChI is InChI=1S/C14H23N3O/c1-3-6-11(2)14(18)16-13-9-10-15-17(13)12-7-4-5-8-12/h9-12H,3-8H2,1-2H3,(H,16,18). The van der Waals surface area contributed by atoms with Gasteiger partial charge in [-0.3, -0.25) is 4.79 Å². The number of anilines is 1. The topological polar surface area (TPSA) is 46.9 Å². The molecule has 1 unspecified atom stereocenters. The number of hydrogen-bond acceptors (Lipinski definition) is 2. The van der Waals surface area contributed by atoms with E-state index in [-0.39, 0.29) is 11.8 Å². The van der Waals surface area contributed by atoms with Gasteiger partial charge in [0.05, 0.1) is 12.2 Å². The van der Waals surface area contributed by atoms with Gasteiger partial charge in [-0.1, -0.05) is 33.1 Å². The van der Waals surface area contributed by atoms with E-state index < -0.39 is 0 Å². The third-order valence-electron chi connectivity index (χ3n) is 3.76. The molecule has 1 amide bonds. The molecule has 0 spiro atoms. The van der Waals surface area contributed by atoms with Crippen molar-refractivity contribution < 1.29 is 4.79 Å². The second kappa shape index (κ2) is 6.03. The Bertz CT molecular complexity index is 393. The monoisotopic (exact) mass is 249 g/mol. The summed E-state index contributed by atoms with van der Waals surface area (Å²) in [6, 6.07) is 2.37. The van der Waals surface area contributed by atoms with Gasteiger partial charge in [0, 0.05) is 12.0 Å². The van der Waals surface area contributed by atoms with Crippen molar-refractivity contribution in [3.05, 3.63) is 12.3 Å². The van der Waals surface area contributed by atoms with Crippen LogP contribution in [0.25, 0.3) is 0 Å². The lowest BCUT2D eigenvalue weighted by atomic mass is 10.1. The summed E-state index contributed by atoms with van der Waals surface area (Å²) in [6.07, 6.45) is 8.64. The van der Waals surface area contributed by atoms with Crippen molar-refractivity contribution in [3.8, 4) is 0 Å². The minimum absolute atomic E-state index is 0.0712. The summed E-state index contributed by atoms with van der Waals surface area (Å²) in [5.41, 5.74) is 0. The first kappa shape index (κ1) is 13.1. The van der Waals surface area contributed by atoms with Crippen LogP contribution in [0.3, 0.4) is 0 Å². The molecule has 4 nitrogen and oxygen atoms in total. The average Bonchev–Trinajstić information content (AvgIpc) is 2.98. The second-order valence-electron chi connectivity index (χ2n) is 5.28. The SMILES string of the molecule is CCCC(C)C(=O)Nc1ccnn1C1CCCC1. The number of carbonyl (C=O) groups excluding carboxylic acids is 1. The summed E-state index contributed by atoms with van der Waals surface area (Å²) in [4.78, 5) is 12.0. The Hall–Kier alpha value is -1.32. The summed E-state index contributed by atoms with van der Waals surface area (Å²) in [5.74, 6) is 1.04. The molecule has 1 aliphatic carbocycles. The summed E-state index contributed by atoms with van der Waals surface area (Å²) in [5, 5.41) is 7.37. The van der Waals surface area contributed by atoms with Crippen molar-refractivity contribution >= 4 is 11.7 Å². The van der Waals surface area contributed by atoms with Crippen LogP contribution in [-0.2, 0) is 4.79 Å². The van der Waals surface area contributed by atoms with Gasteiger partial charge in [-0.2, -0.15) is 5.10 Å². The van der Waals surface area contributed by atoms with E-state index in [0.29, 0.717) is 6.04 Å². The van der Waals surface area contributed by atoms with Crippen molar-refractivity contribution in [1.29, 1.82) is 0 Å². The fourth-order valence-electron chi connectivity index (χ4n) is 2.67. The van der Waals surface area contributed by atoms with E-state index in [2.05, 4.69) is 17.3 Å². The number of aromatic nitrogens is 2. The summed E-state index contributed by atoms with van der Waals surface area (Å²) in [6.45, 7) is 4.08. The zero-order chi connectivity index (χ0) is 13.0. The maximum Gasteiger partial charge on any atom is 0.228 e. The van der Waals surface area contributed by atoms with E-state index in [9.17, 15) is 4.79 Å². The molecule has 4 heteroatoms. The lowest BCUT2D eigenvalue weighted by molar-refractivity contribution is -0.119. The lowest BCUT2D eigenvalue weighted by Gasteiger charge is -2.16. The maximum atomic E-state index is 12.0. The number of nitrogens with zero attached hydrogens (tertiary/aromatic N) is 2. The second-order valence-corrected chi connectivity index (χ2v) is 5.28. The molecule has 1 fully saturated rings. The first-order chi connectivity index (χ1) is 8.72. The number of nitrogens with one attached hydrogen (secondary N) is 1. The van der Waals surface area contributed by atoms with Crippen LogP contribution in [0.5, 0.6) is 0 Å². The molecule has 1 saturated carbocycles. The smallest absolute Gasteiger partial charge is 0.228 e. The lowest BCUT2D eigenvalue weighted by Crippen LogP contribution is -2.23. The van der Waals surface area contributed by atoms with Gasteiger partial charge in [-0.15, -0.1) is 0 Å². The molecule has 0 saturated heterocycles. The third kappa shape index (κ3) is 2.92. The Labute approximate surface area is 109 Å². The van der Waals surface area contributed by atoms with Crippen LogP contribution in [-0.4, -0.2) is 15.7 Å². The van der Waals surface area contributed by atoms with Gasteiger partial charge in [-0.05, 0) is 19.3 Å². The highest BCUT2D eigenvalue weighted by Crippen LogP contribution is 2.31. The van der Waals surface area contributed by atoms with Gasteiger partial charge >= 0.3 is 0 Å². The predicted molar refractivity (Wildman–Crippen MR) is 72.4 cm³/mol. The molecule has 0 bridgehead atoms.